The summed E-state index contributed by atoms with van der Waals surface area (Å²) in [5.74, 6) is 2.93. The van der Waals surface area contributed by atoms with Gasteiger partial charge in [-0.25, -0.2) is 0 Å². The van der Waals surface area contributed by atoms with Crippen LogP contribution in [0, 0.1) is 0 Å². The summed E-state index contributed by atoms with van der Waals surface area (Å²) in [6.45, 7) is 4.33. The molecule has 0 unspecified atom stereocenters. The minimum atomic E-state index is 0.230. The quantitative estimate of drug-likeness (QED) is 0.879. The van der Waals surface area contributed by atoms with Crippen LogP contribution in [-0.4, -0.2) is 23.7 Å². The number of aromatic hydroxyl groups is 1. The normalized spacial score (nSPS) is 13.9. The smallest absolute Gasteiger partial charge is 0.160 e. The van der Waals surface area contributed by atoms with Crippen molar-refractivity contribution in [3.8, 4) is 11.5 Å². The van der Waals surface area contributed by atoms with E-state index in [1.165, 1.54) is 20.9 Å². The number of hydrogen-bond donors (Lipinski definition) is 1. The third-order valence-electron chi connectivity index (χ3n) is 2.86. The Morgan fingerprint density at radius 1 is 1.22 bits per heavy atom. The Balaban J connectivity index is 2.42. The molecule has 0 aromatic heterocycles. The zero-order valence-electron chi connectivity index (χ0n) is 10.9. The van der Waals surface area contributed by atoms with E-state index in [2.05, 4.69) is 13.8 Å². The molecule has 1 aromatic rings. The van der Waals surface area contributed by atoms with Crippen molar-refractivity contribution >= 4 is 28.4 Å². The molecule has 1 aliphatic carbocycles. The first-order chi connectivity index (χ1) is 8.71. The van der Waals surface area contributed by atoms with Gasteiger partial charge in [0.1, 0.15) is 0 Å². The van der Waals surface area contributed by atoms with Crippen molar-refractivity contribution in [3.05, 3.63) is 28.2 Å². The summed E-state index contributed by atoms with van der Waals surface area (Å²) in [6, 6.07) is 3.81. The summed E-state index contributed by atoms with van der Waals surface area (Å²) in [6.07, 6.45) is 0.965. The minimum Gasteiger partial charge on any atom is -0.504 e. The lowest BCUT2D eigenvalue weighted by molar-refractivity contribution is 0.373. The standard InChI is InChI=1S/C14H18O2S2/c1-4-17-13-7-9-6-12(16-3)11(15)8-10(9)14(13)18-5-2/h6,8,15H,4-5,7H2,1-3H3. The van der Waals surface area contributed by atoms with E-state index in [0.29, 0.717) is 5.75 Å². The number of fused-ring (bicyclic) bond motifs is 1. The second-order valence-corrected chi connectivity index (χ2v) is 6.61. The number of methoxy groups -OCH3 is 1. The Hall–Kier alpha value is -0.740. The lowest BCUT2D eigenvalue weighted by Crippen LogP contribution is -1.89. The fraction of sp³-hybridized carbons (Fsp3) is 0.429. The molecule has 2 nitrogen and oxygen atoms in total. The van der Waals surface area contributed by atoms with Gasteiger partial charge in [0.05, 0.1) is 7.11 Å². The van der Waals surface area contributed by atoms with Gasteiger partial charge in [-0.2, -0.15) is 0 Å². The number of phenolic OH excluding ortho intramolecular Hbond substituents is 1. The predicted molar refractivity (Wildman–Crippen MR) is 81.5 cm³/mol. The lowest BCUT2D eigenvalue weighted by atomic mass is 10.1. The Bertz CT molecular complexity index is 481. The van der Waals surface area contributed by atoms with Crippen LogP contribution in [-0.2, 0) is 6.42 Å². The number of thioether (sulfide) groups is 2. The molecule has 0 amide bonds. The van der Waals surface area contributed by atoms with Gasteiger partial charge >= 0.3 is 0 Å². The van der Waals surface area contributed by atoms with Crippen molar-refractivity contribution in [2.75, 3.05) is 18.6 Å². The maximum Gasteiger partial charge on any atom is 0.160 e. The van der Waals surface area contributed by atoms with Crippen LogP contribution in [0.15, 0.2) is 17.0 Å². The van der Waals surface area contributed by atoms with E-state index in [1.54, 1.807) is 7.11 Å². The molecular weight excluding hydrogens is 264 g/mol. The molecular formula is C14H18O2S2. The Morgan fingerprint density at radius 3 is 2.56 bits per heavy atom. The van der Waals surface area contributed by atoms with E-state index in [1.807, 2.05) is 35.7 Å². The Kier molecular flexibility index (Phi) is 4.51. The van der Waals surface area contributed by atoms with Crippen molar-refractivity contribution in [1.29, 1.82) is 0 Å². The first-order valence-corrected chi connectivity index (χ1v) is 8.07. The SMILES string of the molecule is CCSC1=C(SCC)c2cc(O)c(OC)cc2C1. The van der Waals surface area contributed by atoms with Gasteiger partial charge < -0.3 is 9.84 Å². The highest BCUT2D eigenvalue weighted by molar-refractivity contribution is 8.10. The van der Waals surface area contributed by atoms with E-state index in [9.17, 15) is 5.11 Å². The zero-order valence-corrected chi connectivity index (χ0v) is 12.6. The van der Waals surface area contributed by atoms with Gasteiger partial charge in [0.15, 0.2) is 11.5 Å². The topological polar surface area (TPSA) is 29.5 Å². The largest absolute Gasteiger partial charge is 0.504 e. The number of ether oxygens (including phenoxy) is 1. The van der Waals surface area contributed by atoms with Crippen molar-refractivity contribution in [3.63, 3.8) is 0 Å². The number of rotatable bonds is 5. The second-order valence-electron chi connectivity index (χ2n) is 3.98. The molecule has 0 aliphatic heterocycles. The first kappa shape index (κ1) is 13.7. The molecule has 0 atom stereocenters. The molecule has 0 bridgehead atoms. The average molecular weight is 282 g/mol. The maximum absolute atomic E-state index is 9.91. The number of phenols is 1. The van der Waals surface area contributed by atoms with Crippen LogP contribution in [0.1, 0.15) is 25.0 Å². The van der Waals surface area contributed by atoms with Crippen molar-refractivity contribution in [2.45, 2.75) is 20.3 Å². The third-order valence-corrected chi connectivity index (χ3v) is 5.02. The van der Waals surface area contributed by atoms with E-state index < -0.39 is 0 Å². The highest BCUT2D eigenvalue weighted by Crippen LogP contribution is 2.47. The van der Waals surface area contributed by atoms with Crippen LogP contribution < -0.4 is 4.74 Å². The molecule has 1 N–H and O–H groups in total. The number of hydrogen-bond acceptors (Lipinski definition) is 4. The molecule has 0 saturated heterocycles. The zero-order chi connectivity index (χ0) is 13.1. The van der Waals surface area contributed by atoms with Crippen LogP contribution in [0.5, 0.6) is 11.5 Å². The van der Waals surface area contributed by atoms with Gasteiger partial charge in [0.25, 0.3) is 0 Å². The van der Waals surface area contributed by atoms with E-state index in [0.717, 1.165) is 17.9 Å². The van der Waals surface area contributed by atoms with Gasteiger partial charge in [-0.05, 0) is 34.8 Å². The van der Waals surface area contributed by atoms with Crippen LogP contribution in [0.25, 0.3) is 4.91 Å². The molecule has 0 saturated carbocycles. The van der Waals surface area contributed by atoms with Crippen LogP contribution in [0.2, 0.25) is 0 Å². The van der Waals surface area contributed by atoms with Crippen molar-refractivity contribution < 1.29 is 9.84 Å². The Labute approximate surface area is 117 Å². The summed E-state index contributed by atoms with van der Waals surface area (Å²) in [5, 5.41) is 9.91. The fourth-order valence-corrected chi connectivity index (χ4v) is 4.20. The van der Waals surface area contributed by atoms with E-state index >= 15 is 0 Å². The minimum absolute atomic E-state index is 0.230. The molecule has 1 aliphatic rings. The molecule has 0 spiro atoms. The van der Waals surface area contributed by atoms with Gasteiger partial charge in [0.2, 0.25) is 0 Å². The van der Waals surface area contributed by atoms with Gasteiger partial charge in [-0.1, -0.05) is 13.8 Å². The van der Waals surface area contributed by atoms with E-state index in [4.69, 9.17) is 4.74 Å². The summed E-state index contributed by atoms with van der Waals surface area (Å²) in [4.78, 5) is 2.75. The molecule has 1 aromatic carbocycles. The summed E-state index contributed by atoms with van der Waals surface area (Å²) >= 11 is 3.76. The highest BCUT2D eigenvalue weighted by atomic mass is 32.2. The van der Waals surface area contributed by atoms with Crippen LogP contribution >= 0.6 is 23.5 Å². The monoisotopic (exact) mass is 282 g/mol. The van der Waals surface area contributed by atoms with Crippen molar-refractivity contribution in [2.24, 2.45) is 0 Å². The maximum atomic E-state index is 9.91. The third kappa shape index (κ3) is 2.50. The van der Waals surface area contributed by atoms with E-state index in [-0.39, 0.29) is 5.75 Å². The number of benzene rings is 1. The summed E-state index contributed by atoms with van der Waals surface area (Å²) in [7, 11) is 1.59. The van der Waals surface area contributed by atoms with Gasteiger partial charge in [-0.3, -0.25) is 0 Å². The molecule has 2 rings (SSSR count). The predicted octanol–water partition coefficient (Wildman–Crippen LogP) is 4.13. The molecule has 0 heterocycles. The summed E-state index contributed by atoms with van der Waals surface area (Å²) < 4.78 is 5.18. The van der Waals surface area contributed by atoms with Crippen LogP contribution in [0.4, 0.5) is 0 Å². The molecule has 0 radical (unpaired) electrons. The molecule has 98 valence electrons. The second kappa shape index (κ2) is 5.93. The molecule has 4 heteroatoms. The number of allylic oxidation sites excluding steroid dienone is 1. The Morgan fingerprint density at radius 2 is 1.94 bits per heavy atom. The van der Waals surface area contributed by atoms with Gasteiger partial charge in [-0.15, -0.1) is 23.5 Å². The average Bonchev–Trinajstić information content (AvgIpc) is 2.67. The first-order valence-electron chi connectivity index (χ1n) is 6.10. The van der Waals surface area contributed by atoms with Crippen molar-refractivity contribution in [1.82, 2.24) is 0 Å². The summed E-state index contributed by atoms with van der Waals surface area (Å²) in [5.41, 5.74) is 2.44. The highest BCUT2D eigenvalue weighted by Gasteiger charge is 2.23. The fourth-order valence-electron chi connectivity index (χ4n) is 2.13. The lowest BCUT2D eigenvalue weighted by Gasteiger charge is -2.08. The van der Waals surface area contributed by atoms with Crippen LogP contribution in [0.3, 0.4) is 0 Å². The molecule has 0 fully saturated rings. The van der Waals surface area contributed by atoms with Gasteiger partial charge in [0, 0.05) is 16.2 Å². The molecule has 18 heavy (non-hydrogen) atoms.